The molecule has 1 aromatic carbocycles. The van der Waals surface area contributed by atoms with Crippen molar-refractivity contribution in [1.82, 2.24) is 14.8 Å². The van der Waals surface area contributed by atoms with Crippen LogP contribution < -0.4 is 4.74 Å². The van der Waals surface area contributed by atoms with Gasteiger partial charge in [-0.2, -0.15) is 0 Å². The van der Waals surface area contributed by atoms with Gasteiger partial charge in [0.05, 0.1) is 18.4 Å². The molecule has 2 rings (SSSR count). The zero-order valence-electron chi connectivity index (χ0n) is 11.2. The summed E-state index contributed by atoms with van der Waals surface area (Å²) in [5, 5.41) is 18.5. The lowest BCUT2D eigenvalue weighted by molar-refractivity contribution is 0.107. The molecule has 0 aliphatic carbocycles. The van der Waals surface area contributed by atoms with Crippen molar-refractivity contribution in [2.45, 2.75) is 24.6 Å². The number of aromatic nitrogens is 3. The van der Waals surface area contributed by atoms with E-state index in [1.165, 1.54) is 11.8 Å². The maximum atomic E-state index is 9.78. The summed E-state index contributed by atoms with van der Waals surface area (Å²) in [6, 6.07) is 7.68. The van der Waals surface area contributed by atoms with Gasteiger partial charge in [0, 0.05) is 5.75 Å². The normalized spacial score (nSPS) is 11.6. The van der Waals surface area contributed by atoms with Crippen LogP contribution in [-0.2, 0) is 0 Å². The Hall–Kier alpha value is -1.53. The molecule has 0 unspecified atom stereocenters. The van der Waals surface area contributed by atoms with Crippen LogP contribution >= 0.6 is 11.8 Å². The van der Waals surface area contributed by atoms with Gasteiger partial charge in [0.1, 0.15) is 12.1 Å². The van der Waals surface area contributed by atoms with Crippen LogP contribution in [0.1, 0.15) is 13.8 Å². The van der Waals surface area contributed by atoms with E-state index in [0.717, 1.165) is 16.6 Å². The minimum atomic E-state index is -0.748. The summed E-state index contributed by atoms with van der Waals surface area (Å²) in [5.41, 5.74) is 0.135. The fraction of sp³-hybridized carbons (Fsp3) is 0.385. The summed E-state index contributed by atoms with van der Waals surface area (Å²) >= 11 is 1.46. The first kappa shape index (κ1) is 13.9. The van der Waals surface area contributed by atoms with Gasteiger partial charge < -0.3 is 9.84 Å². The van der Waals surface area contributed by atoms with Crippen molar-refractivity contribution in [3.8, 4) is 11.4 Å². The number of para-hydroxylation sites is 2. The van der Waals surface area contributed by atoms with Gasteiger partial charge in [0.25, 0.3) is 0 Å². The van der Waals surface area contributed by atoms with Gasteiger partial charge in [0.2, 0.25) is 0 Å². The minimum absolute atomic E-state index is 0.543. The summed E-state index contributed by atoms with van der Waals surface area (Å²) in [4.78, 5) is 0. The molecule has 0 saturated carbocycles. The molecule has 0 spiro atoms. The van der Waals surface area contributed by atoms with Crippen LogP contribution in [0, 0.1) is 0 Å². The molecule has 0 radical (unpaired) electrons. The van der Waals surface area contributed by atoms with E-state index >= 15 is 0 Å². The quantitative estimate of drug-likeness (QED) is 0.850. The van der Waals surface area contributed by atoms with Crippen LogP contribution in [0.5, 0.6) is 5.75 Å². The molecule has 102 valence electrons. The summed E-state index contributed by atoms with van der Waals surface area (Å²) in [5.74, 6) is 1.30. The Kier molecular flexibility index (Phi) is 4.11. The van der Waals surface area contributed by atoms with Crippen molar-refractivity contribution in [3.63, 3.8) is 0 Å². The third kappa shape index (κ3) is 3.48. The van der Waals surface area contributed by atoms with Crippen LogP contribution in [0.4, 0.5) is 0 Å². The van der Waals surface area contributed by atoms with E-state index in [4.69, 9.17) is 4.74 Å². The number of ether oxygens (including phenoxy) is 1. The van der Waals surface area contributed by atoms with E-state index < -0.39 is 5.60 Å². The second kappa shape index (κ2) is 5.63. The highest BCUT2D eigenvalue weighted by atomic mass is 32.2. The van der Waals surface area contributed by atoms with Crippen LogP contribution in [0.15, 0.2) is 35.7 Å². The minimum Gasteiger partial charge on any atom is -0.495 e. The number of benzene rings is 1. The van der Waals surface area contributed by atoms with E-state index in [0.29, 0.717) is 5.75 Å². The van der Waals surface area contributed by atoms with Gasteiger partial charge in [-0.15, -0.1) is 10.2 Å². The lowest BCUT2D eigenvalue weighted by Gasteiger charge is -2.16. The Bertz CT molecular complexity index is 549. The van der Waals surface area contributed by atoms with Crippen LogP contribution in [0.25, 0.3) is 5.69 Å². The van der Waals surface area contributed by atoms with Gasteiger partial charge in [-0.25, -0.2) is 0 Å². The van der Waals surface area contributed by atoms with E-state index in [-0.39, 0.29) is 0 Å². The first-order valence-electron chi connectivity index (χ1n) is 5.90. The smallest absolute Gasteiger partial charge is 0.195 e. The number of methoxy groups -OCH3 is 1. The second-order valence-corrected chi connectivity index (χ2v) is 5.70. The average molecular weight is 279 g/mol. The largest absolute Gasteiger partial charge is 0.495 e. The highest BCUT2D eigenvalue weighted by molar-refractivity contribution is 7.99. The van der Waals surface area contributed by atoms with E-state index in [1.54, 1.807) is 27.3 Å². The molecule has 0 aliphatic heterocycles. The van der Waals surface area contributed by atoms with Crippen LogP contribution in [-0.4, -0.2) is 38.3 Å². The summed E-state index contributed by atoms with van der Waals surface area (Å²) in [7, 11) is 1.63. The number of rotatable bonds is 5. The Labute approximate surface area is 116 Å². The number of aliphatic hydroxyl groups is 1. The van der Waals surface area contributed by atoms with Crippen LogP contribution in [0.3, 0.4) is 0 Å². The molecule has 0 atom stereocenters. The summed E-state index contributed by atoms with van der Waals surface area (Å²) < 4.78 is 7.19. The molecule has 0 aliphatic rings. The van der Waals surface area contributed by atoms with Gasteiger partial charge in [-0.1, -0.05) is 23.9 Å². The molecule has 0 amide bonds. The van der Waals surface area contributed by atoms with Crippen molar-refractivity contribution in [1.29, 1.82) is 0 Å². The molecule has 1 N–H and O–H groups in total. The predicted octanol–water partition coefficient (Wildman–Crippen LogP) is 2.14. The highest BCUT2D eigenvalue weighted by Crippen LogP contribution is 2.27. The molecule has 5 nitrogen and oxygen atoms in total. The fourth-order valence-electron chi connectivity index (χ4n) is 1.56. The molecule has 0 fully saturated rings. The summed E-state index contributed by atoms with van der Waals surface area (Å²) in [6.07, 6.45) is 1.64. The highest BCUT2D eigenvalue weighted by Gasteiger charge is 2.17. The Balaban J connectivity index is 2.29. The zero-order valence-corrected chi connectivity index (χ0v) is 12.0. The lowest BCUT2D eigenvalue weighted by atomic mass is 10.2. The molecular formula is C13H17N3O2S. The van der Waals surface area contributed by atoms with Crippen molar-refractivity contribution < 1.29 is 9.84 Å². The van der Waals surface area contributed by atoms with Crippen molar-refractivity contribution in [3.05, 3.63) is 30.6 Å². The number of nitrogens with zero attached hydrogens (tertiary/aromatic N) is 3. The van der Waals surface area contributed by atoms with E-state index in [9.17, 15) is 5.11 Å². The van der Waals surface area contributed by atoms with Crippen LogP contribution in [0.2, 0.25) is 0 Å². The first-order chi connectivity index (χ1) is 9.01. The Morgan fingerprint density at radius 1 is 1.37 bits per heavy atom. The van der Waals surface area contributed by atoms with E-state index in [1.807, 2.05) is 28.8 Å². The third-order valence-corrected chi connectivity index (χ3v) is 3.80. The Morgan fingerprint density at radius 3 is 2.79 bits per heavy atom. The van der Waals surface area contributed by atoms with Gasteiger partial charge >= 0.3 is 0 Å². The lowest BCUT2D eigenvalue weighted by Crippen LogP contribution is -2.22. The number of hydrogen-bond acceptors (Lipinski definition) is 5. The van der Waals surface area contributed by atoms with Crippen molar-refractivity contribution in [2.75, 3.05) is 12.9 Å². The zero-order chi connectivity index (χ0) is 13.9. The van der Waals surface area contributed by atoms with E-state index in [2.05, 4.69) is 10.2 Å². The molecule has 1 heterocycles. The van der Waals surface area contributed by atoms with Crippen molar-refractivity contribution in [2.24, 2.45) is 0 Å². The second-order valence-electron chi connectivity index (χ2n) is 4.76. The monoisotopic (exact) mass is 279 g/mol. The van der Waals surface area contributed by atoms with Gasteiger partial charge in [-0.3, -0.25) is 4.57 Å². The third-order valence-electron chi connectivity index (χ3n) is 2.42. The average Bonchev–Trinajstić information content (AvgIpc) is 2.83. The first-order valence-corrected chi connectivity index (χ1v) is 6.88. The Morgan fingerprint density at radius 2 is 2.11 bits per heavy atom. The number of thioether (sulfide) groups is 1. The molecule has 6 heteroatoms. The van der Waals surface area contributed by atoms with Gasteiger partial charge in [-0.05, 0) is 26.0 Å². The molecule has 2 aromatic rings. The molecule has 0 bridgehead atoms. The molecular weight excluding hydrogens is 262 g/mol. The topological polar surface area (TPSA) is 60.2 Å². The molecule has 19 heavy (non-hydrogen) atoms. The molecule has 0 saturated heterocycles. The SMILES string of the molecule is COc1ccccc1-n1cnnc1SCC(C)(C)O. The maximum Gasteiger partial charge on any atom is 0.195 e. The fourth-order valence-corrected chi connectivity index (χ4v) is 2.43. The van der Waals surface area contributed by atoms with Crippen molar-refractivity contribution >= 4 is 11.8 Å². The standard InChI is InChI=1S/C13H17N3O2S/c1-13(2,17)8-19-12-15-14-9-16(12)10-6-4-5-7-11(10)18-3/h4-7,9,17H,8H2,1-3H3. The number of hydrogen-bond donors (Lipinski definition) is 1. The maximum absolute atomic E-state index is 9.78. The summed E-state index contributed by atoms with van der Waals surface area (Å²) in [6.45, 7) is 3.54. The van der Waals surface area contributed by atoms with Gasteiger partial charge in [0.15, 0.2) is 5.16 Å². The predicted molar refractivity (Wildman–Crippen MR) is 74.9 cm³/mol. The molecule has 1 aromatic heterocycles.